The summed E-state index contributed by atoms with van der Waals surface area (Å²) < 4.78 is 6.79. The summed E-state index contributed by atoms with van der Waals surface area (Å²) in [5.74, 6) is 1.93. The number of aryl methyl sites for hydroxylation is 1. The van der Waals surface area contributed by atoms with Gasteiger partial charge in [-0.3, -0.25) is 0 Å². The van der Waals surface area contributed by atoms with Crippen LogP contribution in [0, 0.1) is 0 Å². The summed E-state index contributed by atoms with van der Waals surface area (Å²) in [4.78, 5) is 2.38. The predicted octanol–water partition coefficient (Wildman–Crippen LogP) is 14.0. The topological polar surface area (TPSA) is 12.5 Å². The highest BCUT2D eigenvalue weighted by Gasteiger charge is 2.31. The highest BCUT2D eigenvalue weighted by Crippen LogP contribution is 2.55. The van der Waals surface area contributed by atoms with Crippen molar-refractivity contribution in [1.29, 1.82) is 0 Å². The number of allylic oxidation sites excluding steroid dienone is 5. The molecule has 11 rings (SSSR count). The molecule has 0 saturated carbocycles. The first-order chi connectivity index (χ1) is 26.2. The lowest BCUT2D eigenvalue weighted by molar-refractivity contribution is 0.489. The highest BCUT2D eigenvalue weighted by molar-refractivity contribution is 6.10. The van der Waals surface area contributed by atoms with Crippen LogP contribution in [-0.2, 0) is 12.8 Å². The fourth-order valence-electron chi connectivity index (χ4n) is 8.90. The molecule has 0 fully saturated rings. The summed E-state index contributed by atoms with van der Waals surface area (Å²) in [6, 6.07) is 49.5. The lowest BCUT2D eigenvalue weighted by Crippen LogP contribution is -2.10. The van der Waals surface area contributed by atoms with E-state index in [4.69, 9.17) is 4.74 Å². The van der Waals surface area contributed by atoms with Crippen molar-refractivity contribution in [2.24, 2.45) is 0 Å². The monoisotopic (exact) mass is 679 g/mol. The zero-order chi connectivity index (χ0) is 34.9. The van der Waals surface area contributed by atoms with E-state index in [1.54, 1.807) is 0 Å². The molecule has 0 N–H and O–H groups in total. The van der Waals surface area contributed by atoms with Crippen LogP contribution in [0.1, 0.15) is 47.1 Å². The SMILES string of the molecule is C1=CC(c2cccc(N(c3ccc(-c4ccc5c(c4)C=CCC5)cc3)c3ccc(-c4ccc5ccc6c7c5c4Oc4cccc(c4-7)C6)cc3)c2)=CCC1. The minimum absolute atomic E-state index is 0.963. The van der Waals surface area contributed by atoms with Crippen molar-refractivity contribution in [3.63, 3.8) is 0 Å². The number of nitrogens with zero attached hydrogens (tertiary/aromatic N) is 1. The van der Waals surface area contributed by atoms with Gasteiger partial charge in [0.25, 0.3) is 0 Å². The fourth-order valence-corrected chi connectivity index (χ4v) is 8.90. The number of hydrogen-bond donors (Lipinski definition) is 0. The third kappa shape index (κ3) is 5.01. The maximum Gasteiger partial charge on any atom is 0.143 e. The molecule has 1 heterocycles. The molecule has 0 saturated heterocycles. The maximum absolute atomic E-state index is 6.79. The van der Waals surface area contributed by atoms with Gasteiger partial charge in [-0.1, -0.05) is 109 Å². The molecule has 0 aromatic heterocycles. The van der Waals surface area contributed by atoms with Crippen LogP contribution >= 0.6 is 0 Å². The average Bonchev–Trinajstić information content (AvgIpc) is 3.62. The zero-order valence-electron chi connectivity index (χ0n) is 29.5. The molecule has 4 aliphatic rings. The van der Waals surface area contributed by atoms with Gasteiger partial charge in [-0.25, -0.2) is 0 Å². The lowest BCUT2D eigenvalue weighted by atomic mass is 9.91. The molecule has 0 bridgehead atoms. The van der Waals surface area contributed by atoms with Crippen molar-refractivity contribution in [2.75, 3.05) is 4.90 Å². The van der Waals surface area contributed by atoms with Gasteiger partial charge in [0.1, 0.15) is 11.5 Å². The molecule has 3 aliphatic carbocycles. The standard InChI is InChI=1S/C51H37NO/c1-2-8-33(9-3-1)39-12-6-14-45(32-39)52(43-25-20-35(21-26-43)40-18-16-34-10-4-5-11-38(34)30-40)44-27-22-36(23-28-44)46-29-24-37-17-19-42-31-41-13-7-15-47-48(41)49(42)50(37)51(46)53-47/h2,5-9,11-30,32H,1,3-4,10,31H2. The van der Waals surface area contributed by atoms with Crippen LogP contribution in [-0.4, -0.2) is 0 Å². The third-order valence-corrected chi connectivity index (χ3v) is 11.5. The largest absolute Gasteiger partial charge is 0.455 e. The van der Waals surface area contributed by atoms with Crippen LogP contribution < -0.4 is 9.64 Å². The lowest BCUT2D eigenvalue weighted by Gasteiger charge is -2.27. The van der Waals surface area contributed by atoms with E-state index in [0.717, 1.165) is 71.8 Å². The van der Waals surface area contributed by atoms with E-state index < -0.39 is 0 Å². The molecule has 53 heavy (non-hydrogen) atoms. The summed E-state index contributed by atoms with van der Waals surface area (Å²) in [6.45, 7) is 0. The number of benzene rings is 7. The highest BCUT2D eigenvalue weighted by atomic mass is 16.5. The van der Waals surface area contributed by atoms with Gasteiger partial charge in [0.05, 0.1) is 0 Å². The minimum atomic E-state index is 0.963. The smallest absolute Gasteiger partial charge is 0.143 e. The first kappa shape index (κ1) is 30.3. The Morgan fingerprint density at radius 2 is 1.26 bits per heavy atom. The number of anilines is 3. The van der Waals surface area contributed by atoms with E-state index in [9.17, 15) is 0 Å². The normalized spacial score (nSPS) is 14.5. The van der Waals surface area contributed by atoms with Gasteiger partial charge in [-0.2, -0.15) is 0 Å². The molecule has 7 aromatic carbocycles. The fraction of sp³-hybridized carbons (Fsp3) is 0.0980. The first-order valence-electron chi connectivity index (χ1n) is 18.9. The Labute approximate surface area is 310 Å². The van der Waals surface area contributed by atoms with E-state index >= 15 is 0 Å². The van der Waals surface area contributed by atoms with Crippen molar-refractivity contribution in [3.05, 3.63) is 186 Å². The summed E-state index contributed by atoms with van der Waals surface area (Å²) >= 11 is 0. The maximum atomic E-state index is 6.79. The van der Waals surface area contributed by atoms with Gasteiger partial charge < -0.3 is 9.64 Å². The third-order valence-electron chi connectivity index (χ3n) is 11.5. The molecular weight excluding hydrogens is 643 g/mol. The average molecular weight is 680 g/mol. The van der Waals surface area contributed by atoms with Crippen molar-refractivity contribution in [3.8, 4) is 44.9 Å². The molecular formula is C51H37NO. The summed E-state index contributed by atoms with van der Waals surface area (Å²) in [6.07, 6.45) is 16.9. The summed E-state index contributed by atoms with van der Waals surface area (Å²) in [7, 11) is 0. The van der Waals surface area contributed by atoms with Crippen LogP contribution in [0.3, 0.4) is 0 Å². The second-order valence-electron chi connectivity index (χ2n) is 14.7. The van der Waals surface area contributed by atoms with Crippen LogP contribution in [0.15, 0.2) is 158 Å². The van der Waals surface area contributed by atoms with Crippen LogP contribution in [0.5, 0.6) is 11.5 Å². The Kier molecular flexibility index (Phi) is 6.91. The number of rotatable bonds is 6. The first-order valence-corrected chi connectivity index (χ1v) is 18.9. The van der Waals surface area contributed by atoms with Gasteiger partial charge in [0.2, 0.25) is 0 Å². The van der Waals surface area contributed by atoms with Crippen molar-refractivity contribution < 1.29 is 4.74 Å². The Hall–Kier alpha value is -6.38. The zero-order valence-corrected chi connectivity index (χ0v) is 29.5. The summed E-state index contributed by atoms with van der Waals surface area (Å²) in [5, 5.41) is 2.46. The van der Waals surface area contributed by atoms with Gasteiger partial charge in [0.15, 0.2) is 0 Å². The van der Waals surface area contributed by atoms with Crippen molar-refractivity contribution in [1.82, 2.24) is 0 Å². The molecule has 0 amide bonds. The molecule has 0 radical (unpaired) electrons. The van der Waals surface area contributed by atoms with Gasteiger partial charge >= 0.3 is 0 Å². The number of ether oxygens (including phenoxy) is 1. The Balaban J connectivity index is 1.000. The minimum Gasteiger partial charge on any atom is -0.455 e. The molecule has 0 unspecified atom stereocenters. The van der Waals surface area contributed by atoms with Gasteiger partial charge in [-0.05, 0) is 142 Å². The predicted molar refractivity (Wildman–Crippen MR) is 222 cm³/mol. The Bertz CT molecular complexity index is 2710. The van der Waals surface area contributed by atoms with E-state index in [-0.39, 0.29) is 0 Å². The molecule has 252 valence electrons. The van der Waals surface area contributed by atoms with E-state index in [2.05, 4.69) is 169 Å². The Morgan fingerprint density at radius 3 is 2.11 bits per heavy atom. The molecule has 0 atom stereocenters. The van der Waals surface area contributed by atoms with Crippen LogP contribution in [0.25, 0.3) is 55.8 Å². The molecule has 2 heteroatoms. The van der Waals surface area contributed by atoms with Crippen LogP contribution in [0.4, 0.5) is 17.1 Å². The van der Waals surface area contributed by atoms with E-state index in [1.807, 2.05) is 0 Å². The quantitative estimate of drug-likeness (QED) is 0.173. The molecule has 2 nitrogen and oxygen atoms in total. The van der Waals surface area contributed by atoms with Crippen molar-refractivity contribution >= 4 is 39.5 Å². The second-order valence-corrected chi connectivity index (χ2v) is 14.7. The molecule has 1 aliphatic heterocycles. The number of hydrogen-bond acceptors (Lipinski definition) is 2. The molecule has 7 aromatic rings. The Morgan fingerprint density at radius 1 is 0.509 bits per heavy atom. The van der Waals surface area contributed by atoms with Crippen LogP contribution in [0.2, 0.25) is 0 Å². The van der Waals surface area contributed by atoms with Gasteiger partial charge in [-0.15, -0.1) is 0 Å². The summed E-state index contributed by atoms with van der Waals surface area (Å²) in [5.41, 5.74) is 18.8. The van der Waals surface area contributed by atoms with Gasteiger partial charge in [0, 0.05) is 39.1 Å². The number of fused-ring (bicyclic) bond motifs is 1. The van der Waals surface area contributed by atoms with E-state index in [0.29, 0.717) is 0 Å². The van der Waals surface area contributed by atoms with Crippen molar-refractivity contribution in [2.45, 2.75) is 32.1 Å². The molecule has 0 spiro atoms. The second kappa shape index (κ2) is 12.1. The van der Waals surface area contributed by atoms with E-state index in [1.165, 1.54) is 66.4 Å².